The van der Waals surface area contributed by atoms with Crippen molar-refractivity contribution in [1.82, 2.24) is 9.21 Å². The van der Waals surface area contributed by atoms with Gasteiger partial charge in [0.15, 0.2) is 0 Å². The van der Waals surface area contributed by atoms with Crippen LogP contribution in [0.4, 0.5) is 0 Å². The van der Waals surface area contributed by atoms with E-state index in [9.17, 15) is 13.2 Å². The quantitative estimate of drug-likeness (QED) is 0.785. The highest BCUT2D eigenvalue weighted by atomic mass is 32.2. The summed E-state index contributed by atoms with van der Waals surface area (Å²) in [6, 6.07) is 6.40. The van der Waals surface area contributed by atoms with Crippen LogP contribution in [0.25, 0.3) is 0 Å². The summed E-state index contributed by atoms with van der Waals surface area (Å²) in [7, 11) is -3.67. The Morgan fingerprint density at radius 2 is 1.65 bits per heavy atom. The van der Waals surface area contributed by atoms with Crippen molar-refractivity contribution in [2.24, 2.45) is 0 Å². The van der Waals surface area contributed by atoms with E-state index in [2.05, 4.69) is 0 Å². The summed E-state index contributed by atoms with van der Waals surface area (Å²) < 4.78 is 33.1. The third kappa shape index (κ3) is 4.45. The molecule has 0 aliphatic carbocycles. The van der Waals surface area contributed by atoms with Crippen molar-refractivity contribution >= 4 is 15.9 Å². The van der Waals surface area contributed by atoms with Crippen LogP contribution in [0, 0.1) is 0 Å². The first-order valence-electron chi connectivity index (χ1n) is 9.12. The van der Waals surface area contributed by atoms with Gasteiger partial charge in [0, 0.05) is 30.7 Å². The smallest absolute Gasteiger partial charge is 0.254 e. The van der Waals surface area contributed by atoms with E-state index in [1.165, 1.54) is 10.4 Å². The lowest BCUT2D eigenvalue weighted by atomic mass is 10.1. The molecule has 26 heavy (non-hydrogen) atoms. The van der Waals surface area contributed by atoms with Crippen LogP contribution in [0.1, 0.15) is 51.9 Å². The number of nitrogens with zero attached hydrogens (tertiary/aromatic N) is 2. The molecule has 1 aromatic carbocycles. The maximum absolute atomic E-state index is 13.0. The fourth-order valence-corrected chi connectivity index (χ4v) is 5.12. The minimum atomic E-state index is -3.67. The SMILES string of the molecule is CC1CN(S(=O)(=O)c2cccc(C(=O)N(C(C)C)C(C)C)c2)CC(C)O1. The largest absolute Gasteiger partial charge is 0.373 e. The highest BCUT2D eigenvalue weighted by Crippen LogP contribution is 2.23. The Morgan fingerprint density at radius 1 is 1.12 bits per heavy atom. The Labute approximate surface area is 157 Å². The van der Waals surface area contributed by atoms with E-state index >= 15 is 0 Å². The Balaban J connectivity index is 2.35. The number of hydrogen-bond acceptors (Lipinski definition) is 4. The number of sulfonamides is 1. The van der Waals surface area contributed by atoms with E-state index in [-0.39, 0.29) is 35.1 Å². The molecule has 7 heteroatoms. The molecule has 1 fully saturated rings. The minimum absolute atomic E-state index is 0.0312. The normalized spacial score (nSPS) is 22.0. The highest BCUT2D eigenvalue weighted by Gasteiger charge is 2.33. The fraction of sp³-hybridized carbons (Fsp3) is 0.632. The van der Waals surface area contributed by atoms with Crippen LogP contribution in [0.5, 0.6) is 0 Å². The molecule has 0 radical (unpaired) electrons. The molecule has 0 aromatic heterocycles. The van der Waals surface area contributed by atoms with Crippen molar-refractivity contribution in [3.8, 4) is 0 Å². The summed E-state index contributed by atoms with van der Waals surface area (Å²) in [5.41, 5.74) is 0.392. The number of carbonyl (C=O) groups excluding carboxylic acids is 1. The van der Waals surface area contributed by atoms with Gasteiger partial charge in [0.05, 0.1) is 17.1 Å². The molecule has 2 unspecified atom stereocenters. The third-order valence-electron chi connectivity index (χ3n) is 4.45. The van der Waals surface area contributed by atoms with Crippen LogP contribution in [-0.4, -0.2) is 60.9 Å². The maximum atomic E-state index is 13.0. The number of ether oxygens (including phenoxy) is 1. The predicted molar refractivity (Wildman–Crippen MR) is 102 cm³/mol. The molecule has 0 saturated carbocycles. The fourth-order valence-electron chi connectivity index (χ4n) is 3.48. The average molecular weight is 383 g/mol. The zero-order valence-electron chi connectivity index (χ0n) is 16.5. The van der Waals surface area contributed by atoms with Crippen molar-refractivity contribution in [2.45, 2.75) is 70.7 Å². The van der Waals surface area contributed by atoms with Gasteiger partial charge in [-0.15, -0.1) is 0 Å². The van der Waals surface area contributed by atoms with E-state index in [4.69, 9.17) is 4.74 Å². The molecule has 1 aliphatic heterocycles. The zero-order chi connectivity index (χ0) is 19.6. The van der Waals surface area contributed by atoms with Gasteiger partial charge in [-0.2, -0.15) is 4.31 Å². The Morgan fingerprint density at radius 3 is 2.15 bits per heavy atom. The Kier molecular flexibility index (Phi) is 6.47. The minimum Gasteiger partial charge on any atom is -0.373 e. The first kappa shape index (κ1) is 20.9. The van der Waals surface area contributed by atoms with Crippen LogP contribution in [0.3, 0.4) is 0 Å². The molecule has 1 saturated heterocycles. The molecule has 0 spiro atoms. The maximum Gasteiger partial charge on any atom is 0.254 e. The number of amides is 1. The van der Waals surface area contributed by atoms with Crippen molar-refractivity contribution in [3.05, 3.63) is 29.8 Å². The van der Waals surface area contributed by atoms with Gasteiger partial charge in [0.2, 0.25) is 10.0 Å². The number of carbonyl (C=O) groups is 1. The van der Waals surface area contributed by atoms with Gasteiger partial charge in [-0.05, 0) is 59.7 Å². The lowest BCUT2D eigenvalue weighted by molar-refractivity contribution is -0.0440. The molecule has 0 bridgehead atoms. The number of hydrogen-bond donors (Lipinski definition) is 0. The summed E-state index contributed by atoms with van der Waals surface area (Å²) in [6.07, 6.45) is -0.313. The van der Waals surface area contributed by atoms with Crippen LogP contribution in [0.15, 0.2) is 29.2 Å². The van der Waals surface area contributed by atoms with E-state index in [0.717, 1.165) is 0 Å². The van der Waals surface area contributed by atoms with Gasteiger partial charge < -0.3 is 9.64 Å². The zero-order valence-corrected chi connectivity index (χ0v) is 17.3. The molecule has 0 N–H and O–H groups in total. The molecule has 6 nitrogen and oxygen atoms in total. The standard InChI is InChI=1S/C19H30N2O4S/c1-13(2)21(14(3)4)19(22)17-8-7-9-18(10-17)26(23,24)20-11-15(5)25-16(6)12-20/h7-10,13-16H,11-12H2,1-6H3. The molecular weight excluding hydrogens is 352 g/mol. The molecule has 1 heterocycles. The lowest BCUT2D eigenvalue weighted by Crippen LogP contribution is -2.48. The monoisotopic (exact) mass is 382 g/mol. The molecule has 2 rings (SSSR count). The Bertz CT molecular complexity index is 728. The van der Waals surface area contributed by atoms with E-state index < -0.39 is 10.0 Å². The summed E-state index contributed by atoms with van der Waals surface area (Å²) in [4.78, 5) is 14.8. The predicted octanol–water partition coefficient (Wildman–Crippen LogP) is 2.74. The van der Waals surface area contributed by atoms with Crippen molar-refractivity contribution in [3.63, 3.8) is 0 Å². The van der Waals surface area contributed by atoms with Gasteiger partial charge in [0.25, 0.3) is 5.91 Å². The van der Waals surface area contributed by atoms with Gasteiger partial charge in [-0.1, -0.05) is 6.07 Å². The van der Waals surface area contributed by atoms with Crippen LogP contribution < -0.4 is 0 Å². The van der Waals surface area contributed by atoms with Crippen LogP contribution in [-0.2, 0) is 14.8 Å². The second kappa shape index (κ2) is 8.06. The second-order valence-corrected chi connectivity index (χ2v) is 9.45. The summed E-state index contributed by atoms with van der Waals surface area (Å²) in [5.74, 6) is -0.157. The third-order valence-corrected chi connectivity index (χ3v) is 6.28. The van der Waals surface area contributed by atoms with E-state index in [0.29, 0.717) is 18.7 Å². The average Bonchev–Trinajstić information content (AvgIpc) is 2.53. The summed E-state index contributed by atoms with van der Waals surface area (Å²) in [5, 5.41) is 0. The lowest BCUT2D eigenvalue weighted by Gasteiger charge is -2.34. The van der Waals surface area contributed by atoms with Crippen molar-refractivity contribution < 1.29 is 17.9 Å². The van der Waals surface area contributed by atoms with E-state index in [1.54, 1.807) is 23.1 Å². The van der Waals surface area contributed by atoms with E-state index in [1.807, 2.05) is 41.5 Å². The number of morpholine rings is 1. The topological polar surface area (TPSA) is 66.9 Å². The molecule has 1 amide bonds. The molecular formula is C19H30N2O4S. The van der Waals surface area contributed by atoms with Gasteiger partial charge in [-0.3, -0.25) is 4.79 Å². The molecule has 146 valence electrons. The van der Waals surface area contributed by atoms with Gasteiger partial charge >= 0.3 is 0 Å². The van der Waals surface area contributed by atoms with Crippen molar-refractivity contribution in [2.75, 3.05) is 13.1 Å². The number of benzene rings is 1. The van der Waals surface area contributed by atoms with Gasteiger partial charge in [-0.25, -0.2) is 8.42 Å². The van der Waals surface area contributed by atoms with Crippen LogP contribution >= 0.6 is 0 Å². The number of rotatable bonds is 5. The Hall–Kier alpha value is -1.44. The molecule has 1 aromatic rings. The second-order valence-electron chi connectivity index (χ2n) is 7.51. The first-order valence-corrected chi connectivity index (χ1v) is 10.6. The van der Waals surface area contributed by atoms with Crippen molar-refractivity contribution in [1.29, 1.82) is 0 Å². The van der Waals surface area contributed by atoms with Crippen LogP contribution in [0.2, 0.25) is 0 Å². The molecule has 2 atom stereocenters. The van der Waals surface area contributed by atoms with Gasteiger partial charge in [0.1, 0.15) is 0 Å². The summed E-state index contributed by atoms with van der Waals surface area (Å²) in [6.45, 7) is 12.2. The molecule has 1 aliphatic rings. The highest BCUT2D eigenvalue weighted by molar-refractivity contribution is 7.89. The first-order chi connectivity index (χ1) is 12.0. The summed E-state index contributed by atoms with van der Waals surface area (Å²) >= 11 is 0.